The second-order valence-electron chi connectivity index (χ2n) is 3.78. The van der Waals surface area contributed by atoms with Crippen molar-refractivity contribution in [3.05, 3.63) is 84.5 Å². The summed E-state index contributed by atoms with van der Waals surface area (Å²) in [6.45, 7) is 0. The summed E-state index contributed by atoms with van der Waals surface area (Å²) in [6.07, 6.45) is 21.1. The van der Waals surface area contributed by atoms with Gasteiger partial charge in [0.15, 0.2) is 5.75 Å². The number of para-hydroxylation sites is 1. The van der Waals surface area contributed by atoms with E-state index in [1.807, 2.05) is 85.0 Å². The van der Waals surface area contributed by atoms with E-state index in [0.29, 0.717) is 0 Å². The monoisotopic (exact) mass is 249 g/mol. The molecule has 0 bridgehead atoms. The van der Waals surface area contributed by atoms with Gasteiger partial charge in [-0.3, -0.25) is 0 Å². The molecule has 0 radical (unpaired) electrons. The number of hydrogen-bond acceptors (Lipinski definition) is 2. The number of allylic oxidation sites excluding steroid dienone is 9. The number of benzene rings is 1. The fourth-order valence-electron chi connectivity index (χ4n) is 1.48. The van der Waals surface area contributed by atoms with E-state index in [2.05, 4.69) is 5.16 Å². The molecule has 2 heteroatoms. The van der Waals surface area contributed by atoms with Crippen molar-refractivity contribution in [1.29, 1.82) is 0 Å². The largest absolute Gasteiger partial charge is 0.356 e. The fraction of sp³-hybridized carbons (Fsp3) is 0. The lowest BCUT2D eigenvalue weighted by molar-refractivity contribution is 0.343. The minimum absolute atomic E-state index is 0.734. The average Bonchev–Trinajstić information content (AvgIpc) is 2.45. The van der Waals surface area contributed by atoms with Crippen molar-refractivity contribution in [2.45, 2.75) is 0 Å². The summed E-state index contributed by atoms with van der Waals surface area (Å²) in [5.41, 5.74) is 0.991. The molecule has 1 aromatic rings. The van der Waals surface area contributed by atoms with E-state index >= 15 is 0 Å². The van der Waals surface area contributed by atoms with Gasteiger partial charge in [0.2, 0.25) is 0 Å². The van der Waals surface area contributed by atoms with Crippen molar-refractivity contribution in [3.63, 3.8) is 0 Å². The van der Waals surface area contributed by atoms with Crippen LogP contribution in [0.5, 0.6) is 5.75 Å². The predicted molar refractivity (Wildman–Crippen MR) is 81.2 cm³/mol. The summed E-state index contributed by atoms with van der Waals surface area (Å²) in [4.78, 5) is 5.37. The maximum absolute atomic E-state index is 5.37. The Kier molecular flexibility index (Phi) is 5.18. The summed E-state index contributed by atoms with van der Waals surface area (Å²) in [6, 6.07) is 7.77. The quantitative estimate of drug-likeness (QED) is 0.671. The standard InChI is InChI=1S/C17H15NO/c1-2-4-6-8-12-16-13-9-10-14-17(16)19-18-15-11-7-5-3-1/h1-15H/b2-1-,5-3-,6-4-,11-7+,12-8-,18-15-. The van der Waals surface area contributed by atoms with Crippen LogP contribution in [-0.2, 0) is 0 Å². The van der Waals surface area contributed by atoms with Crippen LogP contribution in [0, 0.1) is 0 Å². The van der Waals surface area contributed by atoms with E-state index in [9.17, 15) is 0 Å². The highest BCUT2D eigenvalue weighted by Gasteiger charge is 1.97. The number of rotatable bonds is 0. The van der Waals surface area contributed by atoms with Crippen LogP contribution in [-0.4, -0.2) is 6.21 Å². The SMILES string of the molecule is C1=C\C=C/C=C/C=N\Oc2ccccc2/C=C\C=C/1. The molecular formula is C17H15NO. The van der Waals surface area contributed by atoms with Crippen LogP contribution >= 0.6 is 0 Å². The second-order valence-corrected chi connectivity index (χ2v) is 3.78. The molecule has 2 rings (SSSR count). The molecule has 2 nitrogen and oxygen atoms in total. The summed E-state index contributed by atoms with van der Waals surface area (Å²) >= 11 is 0. The minimum atomic E-state index is 0.734. The van der Waals surface area contributed by atoms with E-state index in [1.165, 1.54) is 0 Å². The molecule has 19 heavy (non-hydrogen) atoms. The molecule has 1 aliphatic rings. The van der Waals surface area contributed by atoms with Crippen LogP contribution in [0.3, 0.4) is 0 Å². The van der Waals surface area contributed by atoms with E-state index < -0.39 is 0 Å². The Hall–Kier alpha value is -2.61. The van der Waals surface area contributed by atoms with Gasteiger partial charge in [-0.05, 0) is 12.1 Å². The van der Waals surface area contributed by atoms with Crippen molar-refractivity contribution < 1.29 is 4.84 Å². The molecule has 0 aliphatic carbocycles. The van der Waals surface area contributed by atoms with Gasteiger partial charge in [-0.25, -0.2) is 0 Å². The third-order valence-electron chi connectivity index (χ3n) is 2.38. The molecule has 0 unspecified atom stereocenters. The molecule has 1 heterocycles. The lowest BCUT2D eigenvalue weighted by atomic mass is 10.2. The van der Waals surface area contributed by atoms with Gasteiger partial charge in [-0.1, -0.05) is 78.0 Å². The summed E-state index contributed by atoms with van der Waals surface area (Å²) in [5.74, 6) is 0.734. The van der Waals surface area contributed by atoms with Gasteiger partial charge in [-0.2, -0.15) is 0 Å². The Balaban J connectivity index is 2.26. The van der Waals surface area contributed by atoms with E-state index in [0.717, 1.165) is 11.3 Å². The van der Waals surface area contributed by atoms with Crippen LogP contribution in [0.2, 0.25) is 0 Å². The number of fused-ring (bicyclic) bond motifs is 1. The first-order valence-electron chi connectivity index (χ1n) is 6.09. The van der Waals surface area contributed by atoms with Gasteiger partial charge in [0.25, 0.3) is 0 Å². The zero-order valence-corrected chi connectivity index (χ0v) is 10.5. The zero-order chi connectivity index (χ0) is 13.2. The van der Waals surface area contributed by atoms with Gasteiger partial charge in [0, 0.05) is 5.56 Å². The maximum Gasteiger partial charge on any atom is 0.165 e. The molecule has 94 valence electrons. The molecule has 1 aromatic carbocycles. The normalized spacial score (nSPS) is 24.6. The van der Waals surface area contributed by atoms with Crippen molar-refractivity contribution in [2.24, 2.45) is 5.16 Å². The van der Waals surface area contributed by atoms with Crippen molar-refractivity contribution in [2.75, 3.05) is 0 Å². The van der Waals surface area contributed by atoms with Crippen molar-refractivity contribution >= 4 is 12.3 Å². The third kappa shape index (κ3) is 4.64. The van der Waals surface area contributed by atoms with Gasteiger partial charge in [-0.15, -0.1) is 0 Å². The number of oxime groups is 1. The molecule has 0 spiro atoms. The Morgan fingerprint density at radius 2 is 1.32 bits per heavy atom. The fourth-order valence-corrected chi connectivity index (χ4v) is 1.48. The smallest absolute Gasteiger partial charge is 0.165 e. The molecule has 1 aliphatic heterocycles. The highest BCUT2D eigenvalue weighted by Crippen LogP contribution is 2.19. The first-order chi connectivity index (χ1) is 9.47. The summed E-state index contributed by atoms with van der Waals surface area (Å²) < 4.78 is 0. The Morgan fingerprint density at radius 3 is 2.11 bits per heavy atom. The van der Waals surface area contributed by atoms with Gasteiger partial charge in [0.1, 0.15) is 0 Å². The Bertz CT molecular complexity index is 575. The second kappa shape index (κ2) is 7.67. The molecule has 0 amide bonds. The van der Waals surface area contributed by atoms with Crippen LogP contribution in [0.15, 0.2) is 84.1 Å². The molecule has 0 aromatic heterocycles. The topological polar surface area (TPSA) is 21.6 Å². The van der Waals surface area contributed by atoms with Crippen molar-refractivity contribution in [1.82, 2.24) is 0 Å². The van der Waals surface area contributed by atoms with Gasteiger partial charge in [0.05, 0.1) is 6.21 Å². The van der Waals surface area contributed by atoms with Gasteiger partial charge >= 0.3 is 0 Å². The average molecular weight is 249 g/mol. The summed E-state index contributed by atoms with van der Waals surface area (Å²) in [7, 11) is 0. The predicted octanol–water partition coefficient (Wildman–Crippen LogP) is 4.30. The lowest BCUT2D eigenvalue weighted by Crippen LogP contribution is -1.86. The molecule has 0 N–H and O–H groups in total. The van der Waals surface area contributed by atoms with Gasteiger partial charge < -0.3 is 4.84 Å². The van der Waals surface area contributed by atoms with E-state index in [4.69, 9.17) is 4.84 Å². The highest BCUT2D eigenvalue weighted by molar-refractivity contribution is 5.71. The van der Waals surface area contributed by atoms with Crippen molar-refractivity contribution in [3.8, 4) is 5.75 Å². The van der Waals surface area contributed by atoms with Crippen LogP contribution < -0.4 is 4.84 Å². The van der Waals surface area contributed by atoms with E-state index in [1.54, 1.807) is 6.21 Å². The number of nitrogens with zero attached hydrogens (tertiary/aromatic N) is 1. The molecule has 0 fully saturated rings. The third-order valence-corrected chi connectivity index (χ3v) is 2.38. The first kappa shape index (κ1) is 12.8. The molecule has 0 saturated heterocycles. The van der Waals surface area contributed by atoms with E-state index in [-0.39, 0.29) is 0 Å². The van der Waals surface area contributed by atoms with Crippen LogP contribution in [0.25, 0.3) is 6.08 Å². The Morgan fingerprint density at radius 1 is 0.684 bits per heavy atom. The highest BCUT2D eigenvalue weighted by atomic mass is 16.6. The first-order valence-corrected chi connectivity index (χ1v) is 6.09. The molecule has 0 saturated carbocycles. The Labute approximate surface area is 113 Å². The molecule has 0 atom stereocenters. The van der Waals surface area contributed by atoms with Crippen LogP contribution in [0.4, 0.5) is 0 Å². The summed E-state index contributed by atoms with van der Waals surface area (Å²) in [5, 5.41) is 3.91. The number of hydrogen-bond donors (Lipinski definition) is 0. The lowest BCUT2D eigenvalue weighted by Gasteiger charge is -2.01. The molecular weight excluding hydrogens is 234 g/mol. The zero-order valence-electron chi connectivity index (χ0n) is 10.5. The minimum Gasteiger partial charge on any atom is -0.356 e. The maximum atomic E-state index is 5.37. The van der Waals surface area contributed by atoms with Crippen LogP contribution in [0.1, 0.15) is 5.56 Å².